The number of nitrogens with zero attached hydrogens (tertiary/aromatic N) is 4. The van der Waals surface area contributed by atoms with Crippen LogP contribution in [0.3, 0.4) is 0 Å². The standard InChI is InChI=1S/C20H27N7O2/c1-20(21)13-25(14-20)12-15-2-4-16(5-3-15)27-9-6-17(24-19(27)29)23-18(28)26-10-7-22-8-11-26/h2-6,9,22H,7-8,10-14,21H2,1H3,(H,23,24,28,29). The summed E-state index contributed by atoms with van der Waals surface area (Å²) in [5, 5.41) is 5.89. The van der Waals surface area contributed by atoms with Gasteiger partial charge in [0.05, 0.1) is 5.69 Å². The van der Waals surface area contributed by atoms with Crippen LogP contribution in [0.25, 0.3) is 5.69 Å². The molecule has 2 aliphatic rings. The van der Waals surface area contributed by atoms with E-state index < -0.39 is 5.69 Å². The second-order valence-corrected chi connectivity index (χ2v) is 8.10. The molecule has 4 N–H and O–H groups in total. The Morgan fingerprint density at radius 1 is 1.21 bits per heavy atom. The number of aromatic nitrogens is 2. The van der Waals surface area contributed by atoms with Crippen LogP contribution < -0.4 is 22.1 Å². The Bertz CT molecular complexity index is 925. The predicted octanol–water partition coefficient (Wildman–Crippen LogP) is 0.203. The van der Waals surface area contributed by atoms with Crippen LogP contribution in [0.1, 0.15) is 12.5 Å². The van der Waals surface area contributed by atoms with Gasteiger partial charge in [-0.05, 0) is 30.7 Å². The fourth-order valence-electron chi connectivity index (χ4n) is 3.83. The Balaban J connectivity index is 1.40. The SMILES string of the molecule is CC1(N)CN(Cc2ccc(-n3ccc(NC(=O)N4CCNCC4)nc3=O)cc2)C1. The van der Waals surface area contributed by atoms with Crippen LogP contribution in [0.15, 0.2) is 41.3 Å². The highest BCUT2D eigenvalue weighted by Crippen LogP contribution is 2.20. The van der Waals surface area contributed by atoms with Gasteiger partial charge < -0.3 is 16.0 Å². The number of nitrogens with one attached hydrogen (secondary N) is 2. The van der Waals surface area contributed by atoms with Crippen molar-refractivity contribution in [3.8, 4) is 5.69 Å². The number of piperazine rings is 1. The van der Waals surface area contributed by atoms with E-state index in [0.29, 0.717) is 13.1 Å². The number of likely N-dealkylation sites (tertiary alicyclic amines) is 1. The minimum atomic E-state index is -0.433. The number of nitrogens with two attached hydrogens (primary N) is 1. The topological polar surface area (TPSA) is 109 Å². The molecule has 9 heteroatoms. The molecule has 2 aromatic rings. The zero-order valence-electron chi connectivity index (χ0n) is 16.6. The average Bonchev–Trinajstić information content (AvgIpc) is 2.68. The van der Waals surface area contributed by atoms with Gasteiger partial charge in [0.25, 0.3) is 0 Å². The molecule has 1 aromatic carbocycles. The summed E-state index contributed by atoms with van der Waals surface area (Å²) in [4.78, 5) is 32.7. The van der Waals surface area contributed by atoms with Gasteiger partial charge in [-0.3, -0.25) is 14.8 Å². The fourth-order valence-corrected chi connectivity index (χ4v) is 3.83. The van der Waals surface area contributed by atoms with Gasteiger partial charge in [-0.2, -0.15) is 4.98 Å². The average molecular weight is 397 g/mol. The van der Waals surface area contributed by atoms with Crippen LogP contribution in [0.2, 0.25) is 0 Å². The molecule has 0 radical (unpaired) electrons. The molecule has 2 amide bonds. The molecule has 1 aromatic heterocycles. The minimum absolute atomic E-state index is 0.0824. The lowest BCUT2D eigenvalue weighted by molar-refractivity contribution is 0.0764. The van der Waals surface area contributed by atoms with Crippen LogP contribution in [-0.2, 0) is 6.54 Å². The monoisotopic (exact) mass is 397 g/mol. The summed E-state index contributed by atoms with van der Waals surface area (Å²) >= 11 is 0. The fraction of sp³-hybridized carbons (Fsp3) is 0.450. The molecule has 4 rings (SSSR count). The highest BCUT2D eigenvalue weighted by molar-refractivity contribution is 5.88. The Hall–Kier alpha value is -2.75. The van der Waals surface area contributed by atoms with Crippen molar-refractivity contribution >= 4 is 11.8 Å². The lowest BCUT2D eigenvalue weighted by atomic mass is 9.93. The Morgan fingerprint density at radius 2 is 1.90 bits per heavy atom. The van der Waals surface area contributed by atoms with Gasteiger partial charge in [0.1, 0.15) is 5.82 Å². The van der Waals surface area contributed by atoms with E-state index in [4.69, 9.17) is 5.73 Å². The van der Waals surface area contributed by atoms with E-state index in [1.807, 2.05) is 24.3 Å². The molecule has 0 aliphatic carbocycles. The first-order chi connectivity index (χ1) is 13.9. The largest absolute Gasteiger partial charge is 0.354 e. The van der Waals surface area contributed by atoms with Crippen molar-refractivity contribution in [1.29, 1.82) is 0 Å². The molecular weight excluding hydrogens is 370 g/mol. The van der Waals surface area contributed by atoms with E-state index in [9.17, 15) is 9.59 Å². The molecule has 2 fully saturated rings. The summed E-state index contributed by atoms with van der Waals surface area (Å²) < 4.78 is 1.46. The Kier molecular flexibility index (Phi) is 5.35. The number of urea groups is 1. The molecule has 3 heterocycles. The van der Waals surface area contributed by atoms with E-state index >= 15 is 0 Å². The second-order valence-electron chi connectivity index (χ2n) is 8.10. The highest BCUT2D eigenvalue weighted by atomic mass is 16.2. The number of amides is 2. The maximum Gasteiger partial charge on any atom is 0.354 e. The lowest BCUT2D eigenvalue weighted by Crippen LogP contribution is -2.64. The zero-order valence-corrected chi connectivity index (χ0v) is 16.6. The number of anilines is 1. The number of carbonyl (C=O) groups excluding carboxylic acids is 1. The molecule has 2 saturated heterocycles. The number of benzene rings is 1. The normalized spacial score (nSPS) is 18.9. The van der Waals surface area contributed by atoms with Gasteiger partial charge in [0.2, 0.25) is 0 Å². The molecule has 0 atom stereocenters. The first-order valence-electron chi connectivity index (χ1n) is 9.87. The van der Waals surface area contributed by atoms with Crippen molar-refractivity contribution in [3.63, 3.8) is 0 Å². The summed E-state index contributed by atoms with van der Waals surface area (Å²) in [6.45, 7) is 7.48. The van der Waals surface area contributed by atoms with Crippen molar-refractivity contribution in [2.45, 2.75) is 19.0 Å². The molecule has 0 unspecified atom stereocenters. The number of rotatable bonds is 4. The molecule has 0 bridgehead atoms. The maximum absolute atomic E-state index is 12.4. The molecular formula is C20H27N7O2. The lowest BCUT2D eigenvalue weighted by Gasteiger charge is -2.45. The quantitative estimate of drug-likeness (QED) is 0.680. The summed E-state index contributed by atoms with van der Waals surface area (Å²) in [6, 6.07) is 9.22. The zero-order chi connectivity index (χ0) is 20.4. The number of hydrogen-bond acceptors (Lipinski definition) is 6. The van der Waals surface area contributed by atoms with Crippen molar-refractivity contribution < 1.29 is 4.79 Å². The molecule has 0 spiro atoms. The van der Waals surface area contributed by atoms with Crippen LogP contribution >= 0.6 is 0 Å². The molecule has 29 heavy (non-hydrogen) atoms. The number of carbonyl (C=O) groups is 1. The van der Waals surface area contributed by atoms with Gasteiger partial charge in [0.15, 0.2) is 0 Å². The second kappa shape index (κ2) is 7.94. The smallest absolute Gasteiger partial charge is 0.323 e. The minimum Gasteiger partial charge on any atom is -0.323 e. The van der Waals surface area contributed by atoms with Gasteiger partial charge in [-0.15, -0.1) is 0 Å². The molecule has 0 saturated carbocycles. The van der Waals surface area contributed by atoms with Gasteiger partial charge >= 0.3 is 11.7 Å². The summed E-state index contributed by atoms with van der Waals surface area (Å²) in [5.41, 5.74) is 7.44. The van der Waals surface area contributed by atoms with Crippen molar-refractivity contribution in [2.75, 3.05) is 44.6 Å². The third kappa shape index (κ3) is 4.64. The maximum atomic E-state index is 12.4. The molecule has 9 nitrogen and oxygen atoms in total. The van der Waals surface area contributed by atoms with E-state index in [0.717, 1.165) is 38.4 Å². The van der Waals surface area contributed by atoms with Crippen molar-refractivity contribution in [2.24, 2.45) is 5.73 Å². The molecule has 154 valence electrons. The summed E-state index contributed by atoms with van der Waals surface area (Å²) in [6.07, 6.45) is 1.63. The van der Waals surface area contributed by atoms with E-state index in [2.05, 4.69) is 27.4 Å². The van der Waals surface area contributed by atoms with Crippen LogP contribution in [-0.4, -0.2) is 70.2 Å². The predicted molar refractivity (Wildman–Crippen MR) is 111 cm³/mol. The van der Waals surface area contributed by atoms with Gasteiger partial charge in [-0.1, -0.05) is 12.1 Å². The van der Waals surface area contributed by atoms with Crippen molar-refractivity contribution in [3.05, 3.63) is 52.6 Å². The summed E-state index contributed by atoms with van der Waals surface area (Å²) in [5.74, 6) is 0.258. The number of hydrogen-bond donors (Lipinski definition) is 3. The first kappa shape index (κ1) is 19.6. The third-order valence-corrected chi connectivity index (χ3v) is 5.23. The van der Waals surface area contributed by atoms with Gasteiger partial charge in [0, 0.05) is 57.5 Å². The first-order valence-corrected chi connectivity index (χ1v) is 9.87. The van der Waals surface area contributed by atoms with E-state index in [1.165, 1.54) is 10.1 Å². The van der Waals surface area contributed by atoms with Crippen LogP contribution in [0.5, 0.6) is 0 Å². The Morgan fingerprint density at radius 3 is 2.52 bits per heavy atom. The summed E-state index contributed by atoms with van der Waals surface area (Å²) in [7, 11) is 0. The van der Waals surface area contributed by atoms with Gasteiger partial charge in [-0.25, -0.2) is 9.59 Å². The van der Waals surface area contributed by atoms with Crippen molar-refractivity contribution in [1.82, 2.24) is 24.7 Å². The van der Waals surface area contributed by atoms with Crippen LogP contribution in [0.4, 0.5) is 10.6 Å². The highest BCUT2D eigenvalue weighted by Gasteiger charge is 2.34. The Labute approximate surface area is 169 Å². The van der Waals surface area contributed by atoms with Crippen LogP contribution in [0, 0.1) is 0 Å². The third-order valence-electron chi connectivity index (χ3n) is 5.23. The van der Waals surface area contributed by atoms with E-state index in [-0.39, 0.29) is 17.4 Å². The molecule has 2 aliphatic heterocycles. The van der Waals surface area contributed by atoms with E-state index in [1.54, 1.807) is 17.2 Å².